The minimum atomic E-state index is 0.0439. The average Bonchev–Trinajstić information content (AvgIpc) is 3.17. The van der Waals surface area contributed by atoms with Gasteiger partial charge in [-0.1, -0.05) is 30.3 Å². The van der Waals surface area contributed by atoms with Gasteiger partial charge in [0.15, 0.2) is 11.5 Å². The van der Waals surface area contributed by atoms with Gasteiger partial charge in [-0.15, -0.1) is 0 Å². The molecular formula is C19H25N7O. The molecule has 0 saturated carbocycles. The second-order valence-electron chi connectivity index (χ2n) is 6.83. The molecule has 3 aromatic rings. The number of likely N-dealkylation sites (tertiary alicyclic amines) is 1. The standard InChI is InChI=1S/C19H25N7O/c27-11-8-20-17-16-18(22-13-21-16)25-19(24-17)23-15-6-9-26(10-7-15)12-14-4-2-1-3-5-14/h1-5,13,15,27H,6-12H2,(H3,20,21,22,23,24,25). The van der Waals surface area contributed by atoms with E-state index >= 15 is 0 Å². The molecule has 0 atom stereocenters. The number of aromatic amines is 1. The molecule has 8 heteroatoms. The molecule has 142 valence electrons. The summed E-state index contributed by atoms with van der Waals surface area (Å²) in [6, 6.07) is 10.9. The smallest absolute Gasteiger partial charge is 0.227 e. The minimum Gasteiger partial charge on any atom is -0.395 e. The van der Waals surface area contributed by atoms with Gasteiger partial charge in [-0.05, 0) is 18.4 Å². The third-order valence-electron chi connectivity index (χ3n) is 4.86. The molecule has 1 saturated heterocycles. The summed E-state index contributed by atoms with van der Waals surface area (Å²) < 4.78 is 0. The number of fused-ring (bicyclic) bond motifs is 1. The Morgan fingerprint density at radius 2 is 1.96 bits per heavy atom. The lowest BCUT2D eigenvalue weighted by molar-refractivity contribution is 0.211. The molecule has 0 amide bonds. The van der Waals surface area contributed by atoms with Crippen LogP contribution in [-0.2, 0) is 6.54 Å². The van der Waals surface area contributed by atoms with E-state index in [9.17, 15) is 0 Å². The van der Waals surface area contributed by atoms with Crippen molar-refractivity contribution < 1.29 is 5.11 Å². The molecule has 1 aromatic carbocycles. The van der Waals surface area contributed by atoms with Gasteiger partial charge in [-0.3, -0.25) is 4.90 Å². The lowest BCUT2D eigenvalue weighted by Crippen LogP contribution is -2.39. The van der Waals surface area contributed by atoms with Gasteiger partial charge in [0, 0.05) is 32.2 Å². The highest BCUT2D eigenvalue weighted by atomic mass is 16.3. The van der Waals surface area contributed by atoms with E-state index in [-0.39, 0.29) is 6.61 Å². The van der Waals surface area contributed by atoms with E-state index in [1.807, 2.05) is 0 Å². The number of hydrogen-bond donors (Lipinski definition) is 4. The first-order valence-corrected chi connectivity index (χ1v) is 9.40. The zero-order valence-corrected chi connectivity index (χ0v) is 15.2. The molecule has 2 aromatic heterocycles. The Bertz CT molecular complexity index is 859. The molecule has 8 nitrogen and oxygen atoms in total. The largest absolute Gasteiger partial charge is 0.395 e. The number of nitrogens with one attached hydrogen (secondary N) is 3. The maximum atomic E-state index is 9.06. The van der Waals surface area contributed by atoms with Crippen LogP contribution >= 0.6 is 0 Å². The predicted molar refractivity (Wildman–Crippen MR) is 106 cm³/mol. The number of aliphatic hydroxyl groups excluding tert-OH is 1. The molecule has 1 aliphatic rings. The Balaban J connectivity index is 1.37. The van der Waals surface area contributed by atoms with Crippen LogP contribution in [0.5, 0.6) is 0 Å². The number of imidazole rings is 1. The Morgan fingerprint density at radius 1 is 1.15 bits per heavy atom. The zero-order valence-electron chi connectivity index (χ0n) is 15.2. The molecule has 3 heterocycles. The van der Waals surface area contributed by atoms with Crippen LogP contribution in [0.1, 0.15) is 18.4 Å². The second kappa shape index (κ2) is 8.32. The van der Waals surface area contributed by atoms with Crippen LogP contribution < -0.4 is 10.6 Å². The number of aliphatic hydroxyl groups is 1. The van der Waals surface area contributed by atoms with Crippen LogP contribution in [-0.4, -0.2) is 62.2 Å². The highest BCUT2D eigenvalue weighted by Gasteiger charge is 2.20. The number of anilines is 2. The minimum absolute atomic E-state index is 0.0439. The van der Waals surface area contributed by atoms with Crippen molar-refractivity contribution in [3.05, 3.63) is 42.2 Å². The van der Waals surface area contributed by atoms with E-state index in [1.165, 1.54) is 5.56 Å². The van der Waals surface area contributed by atoms with Crippen molar-refractivity contribution in [1.82, 2.24) is 24.8 Å². The summed E-state index contributed by atoms with van der Waals surface area (Å²) in [6.07, 6.45) is 3.71. The van der Waals surface area contributed by atoms with E-state index in [2.05, 4.69) is 65.8 Å². The van der Waals surface area contributed by atoms with Gasteiger partial charge in [0.1, 0.15) is 5.52 Å². The topological polar surface area (TPSA) is 102 Å². The Kier molecular flexibility index (Phi) is 5.45. The van der Waals surface area contributed by atoms with Crippen LogP contribution in [0.15, 0.2) is 36.7 Å². The molecule has 0 bridgehead atoms. The average molecular weight is 367 g/mol. The first-order chi connectivity index (χ1) is 13.3. The zero-order chi connectivity index (χ0) is 18.5. The first-order valence-electron chi connectivity index (χ1n) is 9.40. The molecule has 4 rings (SSSR count). The molecule has 27 heavy (non-hydrogen) atoms. The van der Waals surface area contributed by atoms with Gasteiger partial charge >= 0.3 is 0 Å². The van der Waals surface area contributed by atoms with E-state index in [1.54, 1.807) is 6.33 Å². The fourth-order valence-electron chi connectivity index (χ4n) is 3.46. The second-order valence-corrected chi connectivity index (χ2v) is 6.83. The van der Waals surface area contributed by atoms with Crippen molar-refractivity contribution in [1.29, 1.82) is 0 Å². The van der Waals surface area contributed by atoms with E-state index in [4.69, 9.17) is 5.11 Å². The lowest BCUT2D eigenvalue weighted by Gasteiger charge is -2.32. The Labute approximate surface area is 158 Å². The molecule has 1 fully saturated rings. The summed E-state index contributed by atoms with van der Waals surface area (Å²) in [5.41, 5.74) is 2.73. The summed E-state index contributed by atoms with van der Waals surface area (Å²) in [7, 11) is 0. The number of benzene rings is 1. The number of rotatable bonds is 7. The monoisotopic (exact) mass is 367 g/mol. The Morgan fingerprint density at radius 3 is 2.74 bits per heavy atom. The van der Waals surface area contributed by atoms with Gasteiger partial charge in [-0.2, -0.15) is 9.97 Å². The number of aromatic nitrogens is 4. The molecule has 4 N–H and O–H groups in total. The first kappa shape index (κ1) is 17.7. The van der Waals surface area contributed by atoms with Gasteiger partial charge in [-0.25, -0.2) is 4.98 Å². The van der Waals surface area contributed by atoms with Crippen LogP contribution in [0.25, 0.3) is 11.2 Å². The third kappa shape index (κ3) is 4.35. The summed E-state index contributed by atoms with van der Waals surface area (Å²) >= 11 is 0. The number of nitrogens with zero attached hydrogens (tertiary/aromatic N) is 4. The number of H-pyrrole nitrogens is 1. The summed E-state index contributed by atoms with van der Waals surface area (Å²) in [6.45, 7) is 3.57. The number of piperidine rings is 1. The summed E-state index contributed by atoms with van der Waals surface area (Å²) in [5.74, 6) is 1.24. The summed E-state index contributed by atoms with van der Waals surface area (Å²) in [4.78, 5) is 18.8. The highest BCUT2D eigenvalue weighted by Crippen LogP contribution is 2.21. The van der Waals surface area contributed by atoms with Gasteiger partial charge in [0.25, 0.3) is 0 Å². The fourth-order valence-corrected chi connectivity index (χ4v) is 3.46. The Hall–Kier alpha value is -2.71. The maximum absolute atomic E-state index is 9.06. The van der Waals surface area contributed by atoms with Crippen molar-refractivity contribution in [2.75, 3.05) is 36.9 Å². The van der Waals surface area contributed by atoms with Crippen LogP contribution in [0.3, 0.4) is 0 Å². The van der Waals surface area contributed by atoms with Crippen molar-refractivity contribution in [3.63, 3.8) is 0 Å². The molecule has 0 spiro atoms. The third-order valence-corrected chi connectivity index (χ3v) is 4.86. The molecular weight excluding hydrogens is 342 g/mol. The van der Waals surface area contributed by atoms with Crippen molar-refractivity contribution in [2.45, 2.75) is 25.4 Å². The fraction of sp³-hybridized carbons (Fsp3) is 0.421. The van der Waals surface area contributed by atoms with E-state index in [0.29, 0.717) is 30.0 Å². The molecule has 1 aliphatic heterocycles. The maximum Gasteiger partial charge on any atom is 0.227 e. The van der Waals surface area contributed by atoms with Crippen LogP contribution in [0, 0.1) is 0 Å². The molecule has 0 aliphatic carbocycles. The SMILES string of the molecule is OCCNc1nc(NC2CCN(Cc3ccccc3)CC2)nc2nc[nH]c12. The lowest BCUT2D eigenvalue weighted by atomic mass is 10.0. The van der Waals surface area contributed by atoms with Crippen molar-refractivity contribution in [3.8, 4) is 0 Å². The van der Waals surface area contributed by atoms with Gasteiger partial charge in [0.05, 0.1) is 12.9 Å². The quantitative estimate of drug-likeness (QED) is 0.505. The highest BCUT2D eigenvalue weighted by molar-refractivity contribution is 5.83. The predicted octanol–water partition coefficient (Wildman–Crippen LogP) is 1.83. The van der Waals surface area contributed by atoms with E-state index < -0.39 is 0 Å². The molecule has 0 radical (unpaired) electrons. The van der Waals surface area contributed by atoms with Crippen LogP contribution in [0.2, 0.25) is 0 Å². The number of hydrogen-bond acceptors (Lipinski definition) is 7. The van der Waals surface area contributed by atoms with Gasteiger partial charge in [0.2, 0.25) is 5.95 Å². The van der Waals surface area contributed by atoms with Crippen molar-refractivity contribution in [2.24, 2.45) is 0 Å². The van der Waals surface area contributed by atoms with Crippen molar-refractivity contribution >= 4 is 22.9 Å². The normalized spacial score (nSPS) is 15.9. The van der Waals surface area contributed by atoms with E-state index in [0.717, 1.165) is 38.0 Å². The van der Waals surface area contributed by atoms with Crippen LogP contribution in [0.4, 0.5) is 11.8 Å². The van der Waals surface area contributed by atoms with Gasteiger partial charge < -0.3 is 20.7 Å². The molecule has 0 unspecified atom stereocenters. The summed E-state index contributed by atoms with van der Waals surface area (Å²) in [5, 5.41) is 15.6.